The molecule has 0 atom stereocenters. The van der Waals surface area contributed by atoms with Crippen LogP contribution in [0.4, 0.5) is 21.0 Å². The smallest absolute Gasteiger partial charge is 0.333 e. The second-order valence-corrected chi connectivity index (χ2v) is 13.4. The normalized spacial score (nSPS) is 17.6. The van der Waals surface area contributed by atoms with Crippen LogP contribution in [0.2, 0.25) is 0 Å². The summed E-state index contributed by atoms with van der Waals surface area (Å²) in [5.41, 5.74) is 11.3. The van der Waals surface area contributed by atoms with Crippen LogP contribution < -0.4 is 32.3 Å². The number of benzene rings is 2. The average Bonchev–Trinajstić information content (AvgIpc) is 2.88. The number of rotatable bonds is 10. The highest BCUT2D eigenvalue weighted by Gasteiger charge is 2.22. The van der Waals surface area contributed by atoms with Gasteiger partial charge in [-0.15, -0.1) is 0 Å². The summed E-state index contributed by atoms with van der Waals surface area (Å²) in [5.74, 6) is 0.645. The Morgan fingerprint density at radius 3 is 1.53 bits per heavy atom. The lowest BCUT2D eigenvalue weighted by molar-refractivity contribution is 0.225. The highest BCUT2D eigenvalue weighted by atomic mass is 32.2. The summed E-state index contributed by atoms with van der Waals surface area (Å²) < 4.78 is 47.6. The summed E-state index contributed by atoms with van der Waals surface area (Å²) in [4.78, 5) is 23.9. The van der Waals surface area contributed by atoms with Gasteiger partial charge in [-0.2, -0.15) is 0 Å². The van der Waals surface area contributed by atoms with E-state index in [0.29, 0.717) is 19.0 Å². The fourth-order valence-corrected chi connectivity index (χ4v) is 5.49. The SMILES string of the molecule is CS(=O)(=O)c1cc(NNC(=O)NCC2CCC(CNC(=O)NNc3ccccc3)CC2)cc(S(C)(=O)=O)c1. The van der Waals surface area contributed by atoms with E-state index in [1.165, 1.54) is 12.1 Å². The van der Waals surface area contributed by atoms with E-state index in [4.69, 9.17) is 0 Å². The van der Waals surface area contributed by atoms with Gasteiger partial charge in [0.15, 0.2) is 19.7 Å². The topological polar surface area (TPSA) is 175 Å². The van der Waals surface area contributed by atoms with Gasteiger partial charge in [0.1, 0.15) is 0 Å². The molecule has 12 nitrogen and oxygen atoms in total. The number of hydrogen-bond acceptors (Lipinski definition) is 8. The third-order valence-electron chi connectivity index (χ3n) is 6.22. The van der Waals surface area contributed by atoms with Crippen LogP contribution in [-0.2, 0) is 19.7 Å². The van der Waals surface area contributed by atoms with Gasteiger partial charge in [0.2, 0.25) is 0 Å². The quantitative estimate of drug-likeness (QED) is 0.237. The molecule has 2 aromatic rings. The summed E-state index contributed by atoms with van der Waals surface area (Å²) >= 11 is 0. The summed E-state index contributed by atoms with van der Waals surface area (Å²) in [6.07, 6.45) is 5.59. The van der Waals surface area contributed by atoms with Crippen molar-refractivity contribution >= 4 is 43.1 Å². The third kappa shape index (κ3) is 9.41. The van der Waals surface area contributed by atoms with E-state index in [2.05, 4.69) is 32.3 Å². The van der Waals surface area contributed by atoms with Crippen molar-refractivity contribution in [3.05, 3.63) is 48.5 Å². The molecule has 0 aliphatic heterocycles. The van der Waals surface area contributed by atoms with Crippen LogP contribution in [0.5, 0.6) is 0 Å². The Morgan fingerprint density at radius 1 is 0.684 bits per heavy atom. The molecule has 1 fully saturated rings. The first-order valence-electron chi connectivity index (χ1n) is 12.1. The Labute approximate surface area is 223 Å². The number of amides is 4. The van der Waals surface area contributed by atoms with Crippen molar-refractivity contribution in [2.75, 3.05) is 36.5 Å². The molecule has 1 aliphatic carbocycles. The maximum absolute atomic E-state index is 12.2. The van der Waals surface area contributed by atoms with Crippen molar-refractivity contribution in [2.24, 2.45) is 11.8 Å². The maximum Gasteiger partial charge on any atom is 0.333 e. The van der Waals surface area contributed by atoms with Crippen molar-refractivity contribution in [2.45, 2.75) is 35.5 Å². The number of hydrazine groups is 2. The maximum atomic E-state index is 12.2. The van der Waals surface area contributed by atoms with Gasteiger partial charge in [-0.05, 0) is 67.9 Å². The highest BCUT2D eigenvalue weighted by Crippen LogP contribution is 2.28. The Kier molecular flexibility index (Phi) is 9.80. The number of para-hydroxylation sites is 1. The van der Waals surface area contributed by atoms with Gasteiger partial charge in [-0.1, -0.05) is 18.2 Å². The summed E-state index contributed by atoms with van der Waals surface area (Å²) in [5, 5.41) is 5.64. The second-order valence-electron chi connectivity index (χ2n) is 9.41. The molecule has 0 radical (unpaired) electrons. The molecule has 4 amide bonds. The standard InChI is InChI=1S/C24H34N6O6S2/c1-37(33,34)21-12-20(13-22(14-21)38(2,35)36)28-30-24(32)26-16-18-10-8-17(9-11-18)15-25-23(31)29-27-19-6-4-3-5-7-19/h3-7,12-14,17-18,27-28H,8-11,15-16H2,1-2H3,(H2,25,29,31)(H2,26,30,32). The molecule has 0 aromatic heterocycles. The average molecular weight is 567 g/mol. The molecular formula is C24H34N6O6S2. The molecule has 38 heavy (non-hydrogen) atoms. The number of urea groups is 2. The first-order chi connectivity index (χ1) is 17.9. The lowest BCUT2D eigenvalue weighted by Gasteiger charge is -2.28. The molecule has 1 aliphatic rings. The third-order valence-corrected chi connectivity index (χ3v) is 8.40. The molecule has 2 aromatic carbocycles. The van der Waals surface area contributed by atoms with Gasteiger partial charge in [0, 0.05) is 25.6 Å². The number of hydrogen-bond donors (Lipinski definition) is 6. The molecule has 0 saturated heterocycles. The van der Waals surface area contributed by atoms with Crippen molar-refractivity contribution in [3.8, 4) is 0 Å². The molecule has 0 spiro atoms. The highest BCUT2D eigenvalue weighted by molar-refractivity contribution is 7.91. The van der Waals surface area contributed by atoms with E-state index in [1.54, 1.807) is 0 Å². The summed E-state index contributed by atoms with van der Waals surface area (Å²) in [6, 6.07) is 12.1. The van der Waals surface area contributed by atoms with Crippen LogP contribution in [0.25, 0.3) is 0 Å². The molecule has 0 unspecified atom stereocenters. The monoisotopic (exact) mass is 566 g/mol. The van der Waals surface area contributed by atoms with Gasteiger partial charge in [-0.25, -0.2) is 26.4 Å². The van der Waals surface area contributed by atoms with Gasteiger partial charge >= 0.3 is 12.1 Å². The van der Waals surface area contributed by atoms with Gasteiger partial charge in [-0.3, -0.25) is 21.7 Å². The first-order valence-corrected chi connectivity index (χ1v) is 15.9. The van der Waals surface area contributed by atoms with Crippen LogP contribution in [0.3, 0.4) is 0 Å². The van der Waals surface area contributed by atoms with Crippen molar-refractivity contribution in [3.63, 3.8) is 0 Å². The fourth-order valence-electron chi connectivity index (χ4n) is 4.05. The van der Waals surface area contributed by atoms with Crippen LogP contribution >= 0.6 is 0 Å². The zero-order valence-corrected chi connectivity index (χ0v) is 22.9. The summed E-state index contributed by atoms with van der Waals surface area (Å²) in [7, 11) is -7.32. The van der Waals surface area contributed by atoms with E-state index in [-0.39, 0.29) is 27.4 Å². The second kappa shape index (κ2) is 12.8. The first kappa shape index (κ1) is 29.0. The molecule has 6 N–H and O–H groups in total. The van der Waals surface area contributed by atoms with Crippen LogP contribution in [0.15, 0.2) is 58.3 Å². The largest absolute Gasteiger partial charge is 0.336 e. The Morgan fingerprint density at radius 2 is 1.11 bits per heavy atom. The molecule has 14 heteroatoms. The molecule has 3 rings (SSSR count). The number of anilines is 2. The van der Waals surface area contributed by atoms with E-state index < -0.39 is 25.7 Å². The van der Waals surface area contributed by atoms with Gasteiger partial charge in [0.05, 0.1) is 21.2 Å². The summed E-state index contributed by atoms with van der Waals surface area (Å²) in [6.45, 7) is 1.02. The Bertz CT molecular complexity index is 1280. The number of carbonyl (C=O) groups is 2. The Hall–Kier alpha value is -3.52. The molecular weight excluding hydrogens is 532 g/mol. The zero-order chi connectivity index (χ0) is 27.8. The lowest BCUT2D eigenvalue weighted by atomic mass is 9.82. The van der Waals surface area contributed by atoms with E-state index in [0.717, 1.165) is 49.9 Å². The predicted molar refractivity (Wildman–Crippen MR) is 145 cm³/mol. The molecule has 1 saturated carbocycles. The Balaban J connectivity index is 1.36. The van der Waals surface area contributed by atoms with Gasteiger partial charge < -0.3 is 10.6 Å². The number of nitrogens with one attached hydrogen (secondary N) is 6. The number of carbonyl (C=O) groups excluding carboxylic acids is 2. The van der Waals surface area contributed by atoms with Crippen molar-refractivity contribution < 1.29 is 26.4 Å². The van der Waals surface area contributed by atoms with Crippen LogP contribution in [-0.4, -0.2) is 54.5 Å². The molecule has 0 heterocycles. The lowest BCUT2D eigenvalue weighted by Crippen LogP contribution is -2.43. The zero-order valence-electron chi connectivity index (χ0n) is 21.3. The van der Waals surface area contributed by atoms with Crippen molar-refractivity contribution in [1.29, 1.82) is 0 Å². The predicted octanol–water partition coefficient (Wildman–Crippen LogP) is 2.25. The van der Waals surface area contributed by atoms with E-state index in [1.807, 2.05) is 30.3 Å². The van der Waals surface area contributed by atoms with E-state index >= 15 is 0 Å². The van der Waals surface area contributed by atoms with E-state index in [9.17, 15) is 26.4 Å². The molecule has 208 valence electrons. The van der Waals surface area contributed by atoms with Crippen LogP contribution in [0, 0.1) is 11.8 Å². The fraction of sp³-hybridized carbons (Fsp3) is 0.417. The minimum Gasteiger partial charge on any atom is -0.336 e. The molecule has 0 bridgehead atoms. The van der Waals surface area contributed by atoms with Gasteiger partial charge in [0.25, 0.3) is 0 Å². The minimum atomic E-state index is -3.66. The van der Waals surface area contributed by atoms with Crippen LogP contribution in [0.1, 0.15) is 25.7 Å². The van der Waals surface area contributed by atoms with Crippen molar-refractivity contribution in [1.82, 2.24) is 21.5 Å². The minimum absolute atomic E-state index is 0.125. The number of sulfone groups is 2.